The molecule has 0 bridgehead atoms. The van der Waals surface area contributed by atoms with Gasteiger partial charge in [-0.2, -0.15) is 0 Å². The summed E-state index contributed by atoms with van der Waals surface area (Å²) in [6, 6.07) is 13.9. The number of amides is 1. The van der Waals surface area contributed by atoms with Crippen molar-refractivity contribution < 1.29 is 14.3 Å². The molecule has 0 saturated heterocycles. The van der Waals surface area contributed by atoms with E-state index in [1.807, 2.05) is 57.2 Å². The summed E-state index contributed by atoms with van der Waals surface area (Å²) in [6.45, 7) is 6.43. The molecule has 1 N–H and O–H groups in total. The van der Waals surface area contributed by atoms with E-state index >= 15 is 0 Å². The summed E-state index contributed by atoms with van der Waals surface area (Å²) in [4.78, 5) is 12.1. The maximum absolute atomic E-state index is 12.1. The number of nitrogens with one attached hydrogen (secondary N) is 1. The van der Waals surface area contributed by atoms with Crippen LogP contribution < -0.4 is 14.8 Å². The standard InChI is InChI=1S/C21H27NO3/c1-15-7-5-6-8-20(15)25-14-17(3)22-21(23)12-10-18-9-11-19(24-4)16(2)13-18/h5-9,11,13,17H,10,12,14H2,1-4H3,(H,22,23). The Hall–Kier alpha value is -2.49. The highest BCUT2D eigenvalue weighted by atomic mass is 16.5. The molecule has 1 unspecified atom stereocenters. The van der Waals surface area contributed by atoms with Crippen LogP contribution in [0.4, 0.5) is 0 Å². The lowest BCUT2D eigenvalue weighted by atomic mass is 10.1. The van der Waals surface area contributed by atoms with Crippen LogP contribution in [0.3, 0.4) is 0 Å². The average Bonchev–Trinajstić information content (AvgIpc) is 2.59. The van der Waals surface area contributed by atoms with Crippen molar-refractivity contribution in [2.45, 2.75) is 39.7 Å². The van der Waals surface area contributed by atoms with E-state index in [0.29, 0.717) is 19.4 Å². The van der Waals surface area contributed by atoms with Crippen molar-refractivity contribution in [1.29, 1.82) is 0 Å². The van der Waals surface area contributed by atoms with E-state index in [2.05, 4.69) is 11.4 Å². The summed E-state index contributed by atoms with van der Waals surface area (Å²) in [5.41, 5.74) is 3.31. The van der Waals surface area contributed by atoms with Gasteiger partial charge in [-0.1, -0.05) is 30.3 Å². The van der Waals surface area contributed by atoms with Crippen LogP contribution in [-0.4, -0.2) is 25.7 Å². The topological polar surface area (TPSA) is 47.6 Å². The zero-order valence-corrected chi connectivity index (χ0v) is 15.5. The molecule has 2 aromatic carbocycles. The summed E-state index contributed by atoms with van der Waals surface area (Å²) in [7, 11) is 1.66. The number of aryl methyl sites for hydroxylation is 3. The van der Waals surface area contributed by atoms with Gasteiger partial charge < -0.3 is 14.8 Å². The SMILES string of the molecule is COc1ccc(CCC(=O)NC(C)COc2ccccc2C)cc1C. The molecule has 25 heavy (non-hydrogen) atoms. The van der Waals surface area contributed by atoms with Crippen LogP contribution in [0.2, 0.25) is 0 Å². The van der Waals surface area contributed by atoms with Crippen molar-refractivity contribution in [3.05, 3.63) is 59.2 Å². The van der Waals surface area contributed by atoms with E-state index in [4.69, 9.17) is 9.47 Å². The fourth-order valence-corrected chi connectivity index (χ4v) is 2.68. The van der Waals surface area contributed by atoms with Gasteiger partial charge in [0.15, 0.2) is 0 Å². The molecule has 0 radical (unpaired) electrons. The lowest BCUT2D eigenvalue weighted by molar-refractivity contribution is -0.121. The fraction of sp³-hybridized carbons (Fsp3) is 0.381. The van der Waals surface area contributed by atoms with E-state index in [9.17, 15) is 4.79 Å². The number of ether oxygens (including phenoxy) is 2. The molecule has 4 heteroatoms. The Balaban J connectivity index is 1.76. The highest BCUT2D eigenvalue weighted by molar-refractivity contribution is 5.76. The van der Waals surface area contributed by atoms with Gasteiger partial charge in [0.25, 0.3) is 0 Å². The second kappa shape index (κ2) is 9.11. The van der Waals surface area contributed by atoms with Crippen molar-refractivity contribution >= 4 is 5.91 Å². The summed E-state index contributed by atoms with van der Waals surface area (Å²) >= 11 is 0. The van der Waals surface area contributed by atoms with Gasteiger partial charge in [-0.3, -0.25) is 4.79 Å². The van der Waals surface area contributed by atoms with Crippen LogP contribution in [0, 0.1) is 13.8 Å². The molecule has 1 amide bonds. The second-order valence-electron chi connectivity index (χ2n) is 6.35. The summed E-state index contributed by atoms with van der Waals surface area (Å²) < 4.78 is 11.0. The van der Waals surface area contributed by atoms with Gasteiger partial charge in [0.05, 0.1) is 13.2 Å². The van der Waals surface area contributed by atoms with Crippen molar-refractivity contribution in [2.24, 2.45) is 0 Å². The summed E-state index contributed by atoms with van der Waals surface area (Å²) in [6.07, 6.45) is 1.17. The van der Waals surface area contributed by atoms with Crippen LogP contribution >= 0.6 is 0 Å². The molecule has 0 aliphatic rings. The van der Waals surface area contributed by atoms with Crippen LogP contribution in [0.25, 0.3) is 0 Å². The Kier molecular flexibility index (Phi) is 6.87. The first-order chi connectivity index (χ1) is 12.0. The molecule has 0 spiro atoms. The molecule has 0 aliphatic heterocycles. The van der Waals surface area contributed by atoms with Crippen LogP contribution in [-0.2, 0) is 11.2 Å². The number of para-hydroxylation sites is 1. The predicted molar refractivity (Wildman–Crippen MR) is 100 cm³/mol. The molecule has 1 atom stereocenters. The minimum atomic E-state index is -0.0373. The number of benzene rings is 2. The number of carbonyl (C=O) groups excluding carboxylic acids is 1. The number of rotatable bonds is 8. The monoisotopic (exact) mass is 341 g/mol. The Labute approximate surface area is 150 Å². The van der Waals surface area contributed by atoms with E-state index in [-0.39, 0.29) is 11.9 Å². The van der Waals surface area contributed by atoms with Gasteiger partial charge in [-0.15, -0.1) is 0 Å². The number of methoxy groups -OCH3 is 1. The first-order valence-corrected chi connectivity index (χ1v) is 8.61. The Morgan fingerprint density at radius 1 is 1.08 bits per heavy atom. The Morgan fingerprint density at radius 2 is 1.84 bits per heavy atom. The predicted octanol–water partition coefficient (Wildman–Crippen LogP) is 3.83. The molecule has 0 fully saturated rings. The lowest BCUT2D eigenvalue weighted by Crippen LogP contribution is -2.36. The third kappa shape index (κ3) is 5.82. The smallest absolute Gasteiger partial charge is 0.220 e. The fourth-order valence-electron chi connectivity index (χ4n) is 2.68. The van der Waals surface area contributed by atoms with Gasteiger partial charge >= 0.3 is 0 Å². The maximum Gasteiger partial charge on any atom is 0.220 e. The molecule has 2 aromatic rings. The zero-order valence-electron chi connectivity index (χ0n) is 15.5. The minimum Gasteiger partial charge on any atom is -0.496 e. The lowest BCUT2D eigenvalue weighted by Gasteiger charge is -2.16. The molecule has 2 rings (SSSR count). The summed E-state index contributed by atoms with van der Waals surface area (Å²) in [5.74, 6) is 1.77. The van der Waals surface area contributed by atoms with E-state index in [0.717, 1.165) is 28.2 Å². The van der Waals surface area contributed by atoms with Crippen LogP contribution in [0.1, 0.15) is 30.0 Å². The Bertz CT molecular complexity index is 712. The normalized spacial score (nSPS) is 11.7. The molecule has 134 valence electrons. The summed E-state index contributed by atoms with van der Waals surface area (Å²) in [5, 5.41) is 2.99. The number of hydrogen-bond acceptors (Lipinski definition) is 3. The largest absolute Gasteiger partial charge is 0.496 e. The van der Waals surface area contributed by atoms with E-state index in [1.54, 1.807) is 7.11 Å². The third-order valence-corrected chi connectivity index (χ3v) is 4.09. The number of carbonyl (C=O) groups is 1. The highest BCUT2D eigenvalue weighted by Gasteiger charge is 2.09. The number of hydrogen-bond donors (Lipinski definition) is 1. The highest BCUT2D eigenvalue weighted by Crippen LogP contribution is 2.19. The van der Waals surface area contributed by atoms with Gasteiger partial charge in [0.1, 0.15) is 18.1 Å². The van der Waals surface area contributed by atoms with Crippen molar-refractivity contribution in [2.75, 3.05) is 13.7 Å². The first-order valence-electron chi connectivity index (χ1n) is 8.61. The molecule has 0 aliphatic carbocycles. The minimum absolute atomic E-state index is 0.0364. The van der Waals surface area contributed by atoms with Gasteiger partial charge in [0, 0.05) is 6.42 Å². The van der Waals surface area contributed by atoms with Gasteiger partial charge in [0.2, 0.25) is 5.91 Å². The zero-order chi connectivity index (χ0) is 18.2. The van der Waals surface area contributed by atoms with Gasteiger partial charge in [-0.05, 0) is 56.0 Å². The third-order valence-electron chi connectivity index (χ3n) is 4.09. The molecule has 0 aromatic heterocycles. The van der Waals surface area contributed by atoms with Crippen molar-refractivity contribution in [3.8, 4) is 11.5 Å². The van der Waals surface area contributed by atoms with Crippen molar-refractivity contribution in [3.63, 3.8) is 0 Å². The Morgan fingerprint density at radius 3 is 2.52 bits per heavy atom. The molecular formula is C21H27NO3. The van der Waals surface area contributed by atoms with Crippen LogP contribution in [0.15, 0.2) is 42.5 Å². The quantitative estimate of drug-likeness (QED) is 0.794. The molecule has 4 nitrogen and oxygen atoms in total. The second-order valence-corrected chi connectivity index (χ2v) is 6.35. The van der Waals surface area contributed by atoms with Crippen molar-refractivity contribution in [1.82, 2.24) is 5.32 Å². The molecule has 0 saturated carbocycles. The van der Waals surface area contributed by atoms with Crippen LogP contribution in [0.5, 0.6) is 11.5 Å². The first kappa shape index (κ1) is 18.8. The van der Waals surface area contributed by atoms with E-state index < -0.39 is 0 Å². The average molecular weight is 341 g/mol. The van der Waals surface area contributed by atoms with Gasteiger partial charge in [-0.25, -0.2) is 0 Å². The molecular weight excluding hydrogens is 314 g/mol. The van der Waals surface area contributed by atoms with E-state index in [1.165, 1.54) is 0 Å². The molecule has 0 heterocycles. The maximum atomic E-state index is 12.1.